The van der Waals surface area contributed by atoms with E-state index in [0.29, 0.717) is 11.9 Å². The number of amides is 1. The quantitative estimate of drug-likeness (QED) is 0.859. The number of hydrogen-bond donors (Lipinski definition) is 1. The van der Waals surface area contributed by atoms with E-state index in [2.05, 4.69) is 22.3 Å². The molecule has 0 spiro atoms. The van der Waals surface area contributed by atoms with Gasteiger partial charge in [-0.15, -0.1) is 5.10 Å². The van der Waals surface area contributed by atoms with Crippen LogP contribution in [0.1, 0.15) is 44.6 Å². The minimum absolute atomic E-state index is 0.0649. The maximum atomic E-state index is 13.2. The molecule has 0 radical (unpaired) electrons. The number of aromatic nitrogens is 3. The van der Waals surface area contributed by atoms with E-state index in [1.807, 2.05) is 29.2 Å². The largest absolute Gasteiger partial charge is 0.352 e. The van der Waals surface area contributed by atoms with Gasteiger partial charge in [-0.05, 0) is 37.3 Å². The predicted molar refractivity (Wildman–Crippen MR) is 111 cm³/mol. The Labute approximate surface area is 169 Å². The second-order valence-electron chi connectivity index (χ2n) is 8.24. The summed E-state index contributed by atoms with van der Waals surface area (Å²) in [5.41, 5.74) is 1.42. The lowest BCUT2D eigenvalue weighted by molar-refractivity contribution is -0.123. The minimum Gasteiger partial charge on any atom is -0.351 e. The topological polar surface area (TPSA) is 84.5 Å². The van der Waals surface area contributed by atoms with Gasteiger partial charge in [-0.1, -0.05) is 31.9 Å². The van der Waals surface area contributed by atoms with Gasteiger partial charge in [-0.2, -0.15) is 0 Å². The van der Waals surface area contributed by atoms with Crippen LogP contribution in [0.25, 0.3) is 5.69 Å². The zero-order chi connectivity index (χ0) is 20.0. The molecular formula is C21H26N6O2. The van der Waals surface area contributed by atoms with Gasteiger partial charge in [-0.25, -0.2) is 14.0 Å². The summed E-state index contributed by atoms with van der Waals surface area (Å²) in [5.74, 6) is 1.73. The number of nitrogens with one attached hydrogen (secondary N) is 1. The van der Waals surface area contributed by atoms with Crippen LogP contribution in [-0.2, 0) is 11.3 Å². The van der Waals surface area contributed by atoms with Crippen molar-refractivity contribution in [2.24, 2.45) is 10.9 Å². The molecule has 152 valence electrons. The summed E-state index contributed by atoms with van der Waals surface area (Å²) in [5, 5.41) is 7.65. The van der Waals surface area contributed by atoms with E-state index in [-0.39, 0.29) is 24.2 Å². The van der Waals surface area contributed by atoms with E-state index < -0.39 is 0 Å². The van der Waals surface area contributed by atoms with Crippen molar-refractivity contribution in [1.82, 2.24) is 19.7 Å². The Hall–Kier alpha value is -2.90. The first-order chi connectivity index (χ1) is 14.1. The molecule has 8 heteroatoms. The summed E-state index contributed by atoms with van der Waals surface area (Å²) >= 11 is 0. The van der Waals surface area contributed by atoms with Crippen molar-refractivity contribution in [3.63, 3.8) is 0 Å². The van der Waals surface area contributed by atoms with Crippen molar-refractivity contribution in [2.45, 2.75) is 51.6 Å². The number of hydrogen-bond acceptors (Lipinski definition) is 5. The van der Waals surface area contributed by atoms with Gasteiger partial charge < -0.3 is 5.32 Å². The summed E-state index contributed by atoms with van der Waals surface area (Å²) in [4.78, 5) is 32.5. The lowest BCUT2D eigenvalue weighted by Gasteiger charge is -2.33. The summed E-state index contributed by atoms with van der Waals surface area (Å²) < 4.78 is 2.89. The predicted octanol–water partition coefficient (Wildman–Crippen LogP) is 1.70. The number of rotatable bonds is 3. The average molecular weight is 394 g/mol. The average Bonchev–Trinajstić information content (AvgIpc) is 3.06. The fourth-order valence-corrected chi connectivity index (χ4v) is 4.69. The molecule has 2 aromatic rings. The van der Waals surface area contributed by atoms with E-state index in [1.165, 1.54) is 11.1 Å². The molecule has 1 aromatic carbocycles. The number of benzene rings is 1. The SMILES string of the molecule is C[C@@H]1CCCC[C@@H]1NC(=O)Cn1nc2n(c1=O)-c1ccccc1C1=NCCCN12. The molecule has 0 saturated heterocycles. The fraction of sp³-hybridized carbons (Fsp3) is 0.524. The molecular weight excluding hydrogens is 368 g/mol. The zero-order valence-corrected chi connectivity index (χ0v) is 16.7. The van der Waals surface area contributed by atoms with Gasteiger partial charge >= 0.3 is 5.69 Å². The number of para-hydroxylation sites is 1. The molecule has 5 rings (SSSR count). The number of anilines is 1. The standard InChI is InChI=1S/C21H26N6O2/c1-14-7-2-4-9-16(14)23-18(28)13-26-21(29)27-17-10-5-3-8-15(17)19-22-11-6-12-25(19)20(27)24-26/h3,5,8,10,14,16H,2,4,6-7,9,11-13H2,1H3,(H,23,28)/t14-,16+/m1/s1. The maximum Gasteiger partial charge on any atom is 0.352 e. The van der Waals surface area contributed by atoms with Crippen molar-refractivity contribution in [2.75, 3.05) is 18.0 Å². The molecule has 1 saturated carbocycles. The van der Waals surface area contributed by atoms with E-state index >= 15 is 0 Å². The lowest BCUT2D eigenvalue weighted by Crippen LogP contribution is -2.44. The van der Waals surface area contributed by atoms with Gasteiger partial charge in [-0.3, -0.25) is 14.7 Å². The number of nitrogens with zero attached hydrogens (tertiary/aromatic N) is 5. The fourth-order valence-electron chi connectivity index (χ4n) is 4.69. The van der Waals surface area contributed by atoms with Crippen molar-refractivity contribution in [3.05, 3.63) is 40.3 Å². The third-order valence-corrected chi connectivity index (χ3v) is 6.26. The molecule has 3 aliphatic rings. The highest BCUT2D eigenvalue weighted by molar-refractivity contribution is 6.13. The summed E-state index contributed by atoms with van der Waals surface area (Å²) in [6, 6.07) is 7.93. The van der Waals surface area contributed by atoms with Gasteiger partial charge in [0, 0.05) is 24.7 Å². The molecule has 1 aromatic heterocycles. The highest BCUT2D eigenvalue weighted by Crippen LogP contribution is 2.29. The Morgan fingerprint density at radius 3 is 2.90 bits per heavy atom. The molecule has 1 amide bonds. The van der Waals surface area contributed by atoms with E-state index in [0.717, 1.165) is 55.9 Å². The van der Waals surface area contributed by atoms with Crippen LogP contribution in [0.4, 0.5) is 5.95 Å². The number of fused-ring (bicyclic) bond motifs is 6. The second kappa shape index (κ2) is 7.17. The van der Waals surface area contributed by atoms with Gasteiger partial charge in [0.25, 0.3) is 0 Å². The zero-order valence-electron chi connectivity index (χ0n) is 16.7. The monoisotopic (exact) mass is 394 g/mol. The molecule has 1 N–H and O–H groups in total. The minimum atomic E-state index is -0.288. The normalized spacial score (nSPS) is 22.9. The van der Waals surface area contributed by atoms with Crippen LogP contribution in [0.15, 0.2) is 34.1 Å². The van der Waals surface area contributed by atoms with Crippen LogP contribution < -0.4 is 15.9 Å². The van der Waals surface area contributed by atoms with Gasteiger partial charge in [0.15, 0.2) is 0 Å². The summed E-state index contributed by atoms with van der Waals surface area (Å²) in [6.45, 7) is 3.65. The van der Waals surface area contributed by atoms with Crippen molar-refractivity contribution in [1.29, 1.82) is 0 Å². The van der Waals surface area contributed by atoms with Crippen LogP contribution in [0.2, 0.25) is 0 Å². The third-order valence-electron chi connectivity index (χ3n) is 6.26. The third kappa shape index (κ3) is 3.07. The molecule has 3 heterocycles. The van der Waals surface area contributed by atoms with E-state index in [1.54, 1.807) is 4.57 Å². The molecule has 29 heavy (non-hydrogen) atoms. The van der Waals surface area contributed by atoms with Crippen LogP contribution in [-0.4, -0.2) is 45.2 Å². The van der Waals surface area contributed by atoms with Crippen LogP contribution in [0.3, 0.4) is 0 Å². The molecule has 1 fully saturated rings. The number of amidine groups is 1. The highest BCUT2D eigenvalue weighted by atomic mass is 16.2. The Kier molecular flexibility index (Phi) is 4.49. The highest BCUT2D eigenvalue weighted by Gasteiger charge is 2.33. The van der Waals surface area contributed by atoms with E-state index in [4.69, 9.17) is 0 Å². The van der Waals surface area contributed by atoms with Crippen LogP contribution >= 0.6 is 0 Å². The van der Waals surface area contributed by atoms with Crippen molar-refractivity contribution in [3.8, 4) is 5.69 Å². The second-order valence-corrected chi connectivity index (χ2v) is 8.24. The molecule has 0 bridgehead atoms. The molecule has 1 aliphatic carbocycles. The van der Waals surface area contributed by atoms with Crippen molar-refractivity contribution >= 4 is 17.7 Å². The Bertz CT molecular complexity index is 1040. The van der Waals surface area contributed by atoms with Crippen molar-refractivity contribution < 1.29 is 4.79 Å². The lowest BCUT2D eigenvalue weighted by atomic mass is 9.86. The summed E-state index contributed by atoms with van der Waals surface area (Å²) in [7, 11) is 0. The number of carbonyl (C=O) groups excluding carboxylic acids is 1. The van der Waals surface area contributed by atoms with E-state index in [9.17, 15) is 9.59 Å². The first kappa shape index (κ1) is 18.1. The summed E-state index contributed by atoms with van der Waals surface area (Å²) in [6.07, 6.45) is 5.41. The Morgan fingerprint density at radius 2 is 2.03 bits per heavy atom. The van der Waals surface area contributed by atoms with Crippen LogP contribution in [0, 0.1) is 5.92 Å². The van der Waals surface area contributed by atoms with Gasteiger partial charge in [0.05, 0.1) is 5.69 Å². The Balaban J connectivity index is 1.47. The van der Waals surface area contributed by atoms with Crippen LogP contribution in [0.5, 0.6) is 0 Å². The number of carbonyl (C=O) groups is 1. The first-order valence-electron chi connectivity index (χ1n) is 10.5. The molecule has 0 unspecified atom stereocenters. The maximum absolute atomic E-state index is 13.2. The molecule has 8 nitrogen and oxygen atoms in total. The molecule has 2 atom stereocenters. The Morgan fingerprint density at radius 1 is 1.21 bits per heavy atom. The number of aliphatic imine (C=N–C) groups is 1. The first-order valence-corrected chi connectivity index (χ1v) is 10.5. The molecule has 2 aliphatic heterocycles. The van der Waals surface area contributed by atoms with Gasteiger partial charge in [0.1, 0.15) is 12.4 Å². The smallest absolute Gasteiger partial charge is 0.351 e. The van der Waals surface area contributed by atoms with Gasteiger partial charge in [0.2, 0.25) is 11.9 Å².